The van der Waals surface area contributed by atoms with Gasteiger partial charge in [-0.25, -0.2) is 4.39 Å². The van der Waals surface area contributed by atoms with Crippen molar-refractivity contribution >= 4 is 23.4 Å². The van der Waals surface area contributed by atoms with Gasteiger partial charge in [-0.15, -0.1) is 10.2 Å². The third-order valence-corrected chi connectivity index (χ3v) is 5.64. The number of aromatic nitrogens is 3. The molecule has 0 spiro atoms. The lowest BCUT2D eigenvalue weighted by atomic mass is 10.1. The van der Waals surface area contributed by atoms with Gasteiger partial charge in [0.25, 0.3) is 0 Å². The number of carbonyl (C=O) groups excluding carboxylic acids is 1. The number of anilines is 1. The molecule has 5 nitrogen and oxygen atoms in total. The van der Waals surface area contributed by atoms with Crippen LogP contribution in [-0.4, -0.2) is 26.4 Å². The largest absolute Gasteiger partial charge is 0.325 e. The Morgan fingerprint density at radius 1 is 1.18 bits per heavy atom. The van der Waals surface area contributed by atoms with Crippen molar-refractivity contribution in [2.45, 2.75) is 37.4 Å². The fourth-order valence-electron chi connectivity index (χ4n) is 3.13. The minimum Gasteiger partial charge on any atom is -0.325 e. The molecule has 0 unspecified atom stereocenters. The predicted molar refractivity (Wildman–Crippen MR) is 109 cm³/mol. The van der Waals surface area contributed by atoms with Crippen molar-refractivity contribution in [3.63, 3.8) is 0 Å². The van der Waals surface area contributed by atoms with Crippen LogP contribution >= 0.6 is 11.8 Å². The number of hydrogen-bond acceptors (Lipinski definition) is 4. The van der Waals surface area contributed by atoms with Gasteiger partial charge >= 0.3 is 0 Å². The van der Waals surface area contributed by atoms with E-state index in [1.807, 2.05) is 28.8 Å². The number of para-hydroxylation sites is 1. The Bertz CT molecular complexity index is 1000. The van der Waals surface area contributed by atoms with Gasteiger partial charge < -0.3 is 5.32 Å². The van der Waals surface area contributed by atoms with E-state index in [2.05, 4.69) is 22.4 Å². The van der Waals surface area contributed by atoms with Crippen LogP contribution in [0.4, 0.5) is 10.1 Å². The van der Waals surface area contributed by atoms with E-state index >= 15 is 0 Å². The molecule has 1 amide bonds. The molecule has 1 aliphatic rings. The number of nitrogens with zero attached hydrogens (tertiary/aromatic N) is 3. The third-order valence-electron chi connectivity index (χ3n) is 4.70. The van der Waals surface area contributed by atoms with E-state index in [9.17, 15) is 9.18 Å². The summed E-state index contributed by atoms with van der Waals surface area (Å²) >= 11 is 1.33. The molecule has 28 heavy (non-hydrogen) atoms. The number of amides is 1. The van der Waals surface area contributed by atoms with Crippen LogP contribution in [-0.2, 0) is 11.2 Å². The Morgan fingerprint density at radius 2 is 1.93 bits per heavy atom. The molecular weight excluding hydrogens is 375 g/mol. The van der Waals surface area contributed by atoms with E-state index in [1.165, 1.54) is 17.8 Å². The van der Waals surface area contributed by atoms with Crippen LogP contribution in [0.1, 0.15) is 31.4 Å². The van der Waals surface area contributed by atoms with Gasteiger partial charge in [0, 0.05) is 11.7 Å². The monoisotopic (exact) mass is 396 g/mol. The smallest absolute Gasteiger partial charge is 0.234 e. The minimum absolute atomic E-state index is 0.0938. The molecule has 1 aliphatic carbocycles. The first-order chi connectivity index (χ1) is 13.7. The van der Waals surface area contributed by atoms with E-state index in [1.54, 1.807) is 18.2 Å². The molecule has 1 N–H and O–H groups in total. The predicted octanol–water partition coefficient (Wildman–Crippen LogP) is 4.71. The van der Waals surface area contributed by atoms with Gasteiger partial charge in [0.1, 0.15) is 5.82 Å². The molecule has 0 radical (unpaired) electrons. The highest BCUT2D eigenvalue weighted by molar-refractivity contribution is 7.99. The SMILES string of the molecule is CCc1ccccc1NC(=O)CSc1nnc(-c2ccccc2F)n1C1CC1. The lowest BCUT2D eigenvalue weighted by Gasteiger charge is -2.11. The van der Waals surface area contributed by atoms with Crippen molar-refractivity contribution in [1.82, 2.24) is 14.8 Å². The molecule has 2 aromatic carbocycles. The standard InChI is InChI=1S/C21H21FN4OS/c1-2-14-7-3-6-10-18(14)23-19(27)13-28-21-25-24-20(26(21)15-11-12-15)16-8-4-5-9-17(16)22/h3-10,15H,2,11-13H2,1H3,(H,23,27). The molecule has 7 heteroatoms. The maximum Gasteiger partial charge on any atom is 0.234 e. The second-order valence-corrected chi connectivity index (χ2v) is 7.68. The average molecular weight is 396 g/mol. The van der Waals surface area contributed by atoms with E-state index in [4.69, 9.17) is 0 Å². The molecule has 1 fully saturated rings. The highest BCUT2D eigenvalue weighted by Gasteiger charge is 2.31. The molecule has 0 bridgehead atoms. The molecule has 0 atom stereocenters. The summed E-state index contributed by atoms with van der Waals surface area (Å²) in [5.74, 6) is 0.339. The van der Waals surface area contributed by atoms with E-state index < -0.39 is 0 Å². The normalized spacial score (nSPS) is 13.5. The molecule has 0 aliphatic heterocycles. The fourth-order valence-corrected chi connectivity index (χ4v) is 3.94. The van der Waals surface area contributed by atoms with Crippen LogP contribution in [0.25, 0.3) is 11.4 Å². The Balaban J connectivity index is 1.50. The number of aryl methyl sites for hydroxylation is 1. The maximum absolute atomic E-state index is 14.2. The van der Waals surface area contributed by atoms with E-state index in [0.717, 1.165) is 30.5 Å². The van der Waals surface area contributed by atoms with Gasteiger partial charge in [-0.1, -0.05) is 49.0 Å². The molecule has 0 saturated heterocycles. The van der Waals surface area contributed by atoms with Crippen molar-refractivity contribution in [2.75, 3.05) is 11.1 Å². The number of rotatable bonds is 7. The fraction of sp³-hybridized carbons (Fsp3) is 0.286. The maximum atomic E-state index is 14.2. The summed E-state index contributed by atoms with van der Waals surface area (Å²) in [5, 5.41) is 12.1. The van der Waals surface area contributed by atoms with Gasteiger partial charge in [-0.05, 0) is 43.0 Å². The van der Waals surface area contributed by atoms with Crippen molar-refractivity contribution in [1.29, 1.82) is 0 Å². The first kappa shape index (κ1) is 18.7. The summed E-state index contributed by atoms with van der Waals surface area (Å²) in [6, 6.07) is 14.6. The Hall–Kier alpha value is -2.67. The molecule has 1 saturated carbocycles. The zero-order valence-corrected chi connectivity index (χ0v) is 16.4. The number of halogens is 1. The molecule has 3 aromatic rings. The zero-order chi connectivity index (χ0) is 19.5. The van der Waals surface area contributed by atoms with Crippen LogP contribution in [0.5, 0.6) is 0 Å². The highest BCUT2D eigenvalue weighted by Crippen LogP contribution is 2.41. The summed E-state index contributed by atoms with van der Waals surface area (Å²) in [4.78, 5) is 12.4. The summed E-state index contributed by atoms with van der Waals surface area (Å²) in [6.07, 6.45) is 2.89. The number of nitrogens with one attached hydrogen (secondary N) is 1. The lowest BCUT2D eigenvalue weighted by molar-refractivity contribution is -0.113. The van der Waals surface area contributed by atoms with Crippen molar-refractivity contribution in [3.05, 3.63) is 59.9 Å². The van der Waals surface area contributed by atoms with Gasteiger partial charge in [0.05, 0.1) is 11.3 Å². The Kier molecular flexibility index (Phi) is 5.43. The number of hydrogen-bond donors (Lipinski definition) is 1. The van der Waals surface area contributed by atoms with Crippen LogP contribution in [0.3, 0.4) is 0 Å². The summed E-state index contributed by atoms with van der Waals surface area (Å²) < 4.78 is 16.2. The van der Waals surface area contributed by atoms with Gasteiger partial charge in [0.15, 0.2) is 11.0 Å². The van der Waals surface area contributed by atoms with E-state index in [-0.39, 0.29) is 23.5 Å². The quantitative estimate of drug-likeness (QED) is 0.588. The molecule has 1 aromatic heterocycles. The van der Waals surface area contributed by atoms with Crippen LogP contribution < -0.4 is 5.32 Å². The average Bonchev–Trinajstić information content (AvgIpc) is 3.46. The van der Waals surface area contributed by atoms with Crippen LogP contribution in [0, 0.1) is 5.82 Å². The molecular formula is C21H21FN4OS. The van der Waals surface area contributed by atoms with E-state index in [0.29, 0.717) is 16.5 Å². The van der Waals surface area contributed by atoms with Gasteiger partial charge in [-0.2, -0.15) is 0 Å². The Morgan fingerprint density at radius 3 is 2.68 bits per heavy atom. The number of thioether (sulfide) groups is 1. The second kappa shape index (κ2) is 8.14. The number of carbonyl (C=O) groups is 1. The first-order valence-electron chi connectivity index (χ1n) is 9.37. The van der Waals surface area contributed by atoms with Crippen molar-refractivity contribution in [3.8, 4) is 11.4 Å². The lowest BCUT2D eigenvalue weighted by Crippen LogP contribution is -2.15. The minimum atomic E-state index is -0.317. The molecule has 1 heterocycles. The summed E-state index contributed by atoms with van der Waals surface area (Å²) in [6.45, 7) is 2.06. The summed E-state index contributed by atoms with van der Waals surface area (Å²) in [7, 11) is 0. The summed E-state index contributed by atoms with van der Waals surface area (Å²) in [5.41, 5.74) is 2.38. The van der Waals surface area contributed by atoms with Crippen LogP contribution in [0.15, 0.2) is 53.7 Å². The Labute approximate surface area is 167 Å². The second-order valence-electron chi connectivity index (χ2n) is 6.73. The zero-order valence-electron chi connectivity index (χ0n) is 15.6. The molecule has 4 rings (SSSR count). The topological polar surface area (TPSA) is 59.8 Å². The van der Waals surface area contributed by atoms with Gasteiger partial charge in [-0.3, -0.25) is 9.36 Å². The number of benzene rings is 2. The first-order valence-corrected chi connectivity index (χ1v) is 10.4. The van der Waals surface area contributed by atoms with Gasteiger partial charge in [0.2, 0.25) is 5.91 Å². The van der Waals surface area contributed by atoms with Crippen LogP contribution in [0.2, 0.25) is 0 Å². The van der Waals surface area contributed by atoms with Crippen molar-refractivity contribution < 1.29 is 9.18 Å². The third kappa shape index (κ3) is 3.94. The highest BCUT2D eigenvalue weighted by atomic mass is 32.2. The van der Waals surface area contributed by atoms with Crippen molar-refractivity contribution in [2.24, 2.45) is 0 Å². The molecule has 144 valence electrons.